The quantitative estimate of drug-likeness (QED) is 0.427. The number of pyridine rings is 1. The first-order valence-corrected chi connectivity index (χ1v) is 8.16. The van der Waals surface area contributed by atoms with Crippen LogP contribution in [0.4, 0.5) is 13.2 Å². The van der Waals surface area contributed by atoms with E-state index in [1.165, 1.54) is 12.3 Å². The van der Waals surface area contributed by atoms with Gasteiger partial charge in [0, 0.05) is 17.7 Å². The number of benzene rings is 1. The van der Waals surface area contributed by atoms with Crippen molar-refractivity contribution in [3.8, 4) is 11.1 Å². The molecule has 1 aliphatic rings. The Labute approximate surface area is 146 Å². The monoisotopic (exact) mass is 360 g/mol. The van der Waals surface area contributed by atoms with Crippen LogP contribution in [0.15, 0.2) is 47.9 Å². The smallest absolute Gasteiger partial charge is 0.411 e. The molecule has 8 heteroatoms. The minimum atomic E-state index is -4.40. The fraction of sp³-hybridized carbons (Fsp3) is 0.278. The van der Waals surface area contributed by atoms with Crippen LogP contribution in [0.3, 0.4) is 0 Å². The van der Waals surface area contributed by atoms with E-state index in [-0.39, 0.29) is 5.92 Å². The fourth-order valence-electron chi connectivity index (χ4n) is 2.93. The second-order valence-electron chi connectivity index (χ2n) is 6.37. The molecule has 5 nitrogen and oxygen atoms in total. The second kappa shape index (κ2) is 6.12. The highest BCUT2D eigenvalue weighted by atomic mass is 19.4. The third-order valence-electron chi connectivity index (χ3n) is 4.51. The SMILES string of the molecule is O/N=C(\Cn1ncc2ncc(-c3cccc(C(F)(F)F)c3)cc21)C1CC1. The molecule has 0 amide bonds. The van der Waals surface area contributed by atoms with E-state index in [1.807, 2.05) is 0 Å². The molecule has 1 fully saturated rings. The van der Waals surface area contributed by atoms with E-state index in [0.717, 1.165) is 25.0 Å². The van der Waals surface area contributed by atoms with Crippen molar-refractivity contribution in [2.75, 3.05) is 0 Å². The maximum absolute atomic E-state index is 12.9. The van der Waals surface area contributed by atoms with Gasteiger partial charge in [0.15, 0.2) is 0 Å². The number of hydrogen-bond donors (Lipinski definition) is 1. The molecule has 0 spiro atoms. The minimum absolute atomic E-state index is 0.277. The third-order valence-corrected chi connectivity index (χ3v) is 4.51. The highest BCUT2D eigenvalue weighted by molar-refractivity contribution is 5.89. The largest absolute Gasteiger partial charge is 0.416 e. The van der Waals surface area contributed by atoms with E-state index in [9.17, 15) is 18.4 Å². The third kappa shape index (κ3) is 3.14. The van der Waals surface area contributed by atoms with Gasteiger partial charge in [0.25, 0.3) is 0 Å². The van der Waals surface area contributed by atoms with Gasteiger partial charge in [-0.3, -0.25) is 9.67 Å². The van der Waals surface area contributed by atoms with Crippen LogP contribution in [-0.2, 0) is 12.7 Å². The second-order valence-corrected chi connectivity index (χ2v) is 6.37. The normalized spacial score (nSPS) is 15.6. The molecule has 0 atom stereocenters. The van der Waals surface area contributed by atoms with E-state index in [2.05, 4.69) is 15.2 Å². The van der Waals surface area contributed by atoms with Crippen molar-refractivity contribution in [1.82, 2.24) is 14.8 Å². The highest BCUT2D eigenvalue weighted by Gasteiger charge is 2.31. The van der Waals surface area contributed by atoms with Gasteiger partial charge >= 0.3 is 6.18 Å². The summed E-state index contributed by atoms with van der Waals surface area (Å²) < 4.78 is 40.5. The Morgan fingerprint density at radius 3 is 2.69 bits per heavy atom. The first-order valence-electron chi connectivity index (χ1n) is 8.16. The van der Waals surface area contributed by atoms with Gasteiger partial charge in [-0.25, -0.2) is 0 Å². The molecule has 3 aromatic rings. The molecule has 26 heavy (non-hydrogen) atoms. The van der Waals surface area contributed by atoms with Crippen LogP contribution in [0.2, 0.25) is 0 Å². The van der Waals surface area contributed by atoms with E-state index in [4.69, 9.17) is 0 Å². The van der Waals surface area contributed by atoms with Crippen LogP contribution in [0.5, 0.6) is 0 Å². The van der Waals surface area contributed by atoms with Gasteiger partial charge < -0.3 is 5.21 Å². The van der Waals surface area contributed by atoms with Gasteiger partial charge in [-0.2, -0.15) is 18.3 Å². The molecule has 0 bridgehead atoms. The zero-order valence-electron chi connectivity index (χ0n) is 13.6. The molecule has 2 heterocycles. The van der Waals surface area contributed by atoms with Crippen LogP contribution in [0, 0.1) is 5.92 Å². The average Bonchev–Trinajstić information content (AvgIpc) is 3.40. The Kier molecular flexibility index (Phi) is 3.90. The summed E-state index contributed by atoms with van der Waals surface area (Å²) in [5.41, 5.74) is 2.27. The molecule has 1 aromatic carbocycles. The molecule has 134 valence electrons. The van der Waals surface area contributed by atoms with Crippen molar-refractivity contribution >= 4 is 16.7 Å². The van der Waals surface area contributed by atoms with Gasteiger partial charge in [0.1, 0.15) is 5.52 Å². The van der Waals surface area contributed by atoms with Crippen LogP contribution in [0.1, 0.15) is 18.4 Å². The van der Waals surface area contributed by atoms with E-state index < -0.39 is 11.7 Å². The molecule has 4 rings (SSSR count). The fourth-order valence-corrected chi connectivity index (χ4v) is 2.93. The molecule has 1 saturated carbocycles. The molecule has 2 aromatic heterocycles. The standard InChI is InChI=1S/C18H15F3N4O/c19-18(20,21)14-3-1-2-12(6-14)13-7-17-15(22-8-13)9-23-25(17)10-16(24-26)11-4-5-11/h1-3,6-9,11,26H,4-5,10H2/b24-16+. The summed E-state index contributed by atoms with van der Waals surface area (Å²) in [5, 5.41) is 16.8. The Balaban J connectivity index is 1.72. The number of oxime groups is 1. The first-order chi connectivity index (χ1) is 12.5. The maximum atomic E-state index is 12.9. The molecule has 0 unspecified atom stereocenters. The number of hydrogen-bond acceptors (Lipinski definition) is 4. The molecule has 1 N–H and O–H groups in total. The Hall–Kier alpha value is -2.90. The number of halogens is 3. The zero-order chi connectivity index (χ0) is 18.3. The van der Waals surface area contributed by atoms with Crippen molar-refractivity contribution in [3.05, 3.63) is 48.3 Å². The van der Waals surface area contributed by atoms with Gasteiger partial charge in [-0.1, -0.05) is 17.3 Å². The Morgan fingerprint density at radius 1 is 1.19 bits per heavy atom. The zero-order valence-corrected chi connectivity index (χ0v) is 13.6. The van der Waals surface area contributed by atoms with E-state index in [1.54, 1.807) is 23.0 Å². The van der Waals surface area contributed by atoms with Gasteiger partial charge in [-0.15, -0.1) is 0 Å². The topological polar surface area (TPSA) is 63.3 Å². The maximum Gasteiger partial charge on any atom is 0.416 e. The Bertz CT molecular complexity index is 990. The summed E-state index contributed by atoms with van der Waals surface area (Å²) in [6.45, 7) is 0.332. The summed E-state index contributed by atoms with van der Waals surface area (Å²) in [4.78, 5) is 4.30. The number of alkyl halides is 3. The molecular formula is C18H15F3N4O. The van der Waals surface area contributed by atoms with Crippen molar-refractivity contribution in [1.29, 1.82) is 0 Å². The molecule has 0 saturated heterocycles. The van der Waals surface area contributed by atoms with Gasteiger partial charge in [0.2, 0.25) is 0 Å². The van der Waals surface area contributed by atoms with Crippen LogP contribution in [-0.4, -0.2) is 25.7 Å². The van der Waals surface area contributed by atoms with Crippen molar-refractivity contribution in [2.45, 2.75) is 25.6 Å². The van der Waals surface area contributed by atoms with Gasteiger partial charge in [0.05, 0.1) is 29.5 Å². The summed E-state index contributed by atoms with van der Waals surface area (Å²) in [7, 11) is 0. The lowest BCUT2D eigenvalue weighted by atomic mass is 10.0. The summed E-state index contributed by atoms with van der Waals surface area (Å²) in [6, 6.07) is 6.90. The molecule has 1 aliphatic carbocycles. The van der Waals surface area contributed by atoms with E-state index >= 15 is 0 Å². The first kappa shape index (κ1) is 16.6. The highest BCUT2D eigenvalue weighted by Crippen LogP contribution is 2.33. The summed E-state index contributed by atoms with van der Waals surface area (Å²) in [5.74, 6) is 0.277. The Morgan fingerprint density at radius 2 is 2.00 bits per heavy atom. The number of nitrogens with zero attached hydrogens (tertiary/aromatic N) is 4. The summed E-state index contributed by atoms with van der Waals surface area (Å²) >= 11 is 0. The number of rotatable bonds is 4. The minimum Gasteiger partial charge on any atom is -0.411 e. The molecule has 0 radical (unpaired) electrons. The van der Waals surface area contributed by atoms with Crippen LogP contribution < -0.4 is 0 Å². The van der Waals surface area contributed by atoms with Crippen molar-refractivity contribution < 1.29 is 18.4 Å². The lowest BCUT2D eigenvalue weighted by Gasteiger charge is -2.09. The molecular weight excluding hydrogens is 345 g/mol. The van der Waals surface area contributed by atoms with Crippen molar-refractivity contribution in [2.24, 2.45) is 11.1 Å². The number of fused-ring (bicyclic) bond motifs is 1. The molecule has 0 aliphatic heterocycles. The van der Waals surface area contributed by atoms with Crippen LogP contribution >= 0.6 is 0 Å². The van der Waals surface area contributed by atoms with Crippen molar-refractivity contribution in [3.63, 3.8) is 0 Å². The predicted octanol–water partition coefficient (Wildman–Crippen LogP) is 4.36. The van der Waals surface area contributed by atoms with Gasteiger partial charge in [-0.05, 0) is 36.6 Å². The lowest BCUT2D eigenvalue weighted by molar-refractivity contribution is -0.137. The van der Waals surface area contributed by atoms with Crippen LogP contribution in [0.25, 0.3) is 22.2 Å². The number of aromatic nitrogens is 3. The lowest BCUT2D eigenvalue weighted by Crippen LogP contribution is -2.13. The summed E-state index contributed by atoms with van der Waals surface area (Å²) in [6.07, 6.45) is 0.712. The predicted molar refractivity (Wildman–Crippen MR) is 89.9 cm³/mol. The van der Waals surface area contributed by atoms with E-state index in [0.29, 0.717) is 34.4 Å². The average molecular weight is 360 g/mol.